The van der Waals surface area contributed by atoms with Crippen LogP contribution in [-0.2, 0) is 0 Å². The molecule has 1 rings (SSSR count). The summed E-state index contributed by atoms with van der Waals surface area (Å²) in [5.41, 5.74) is 5.95. The van der Waals surface area contributed by atoms with Crippen molar-refractivity contribution in [2.24, 2.45) is 17.6 Å². The van der Waals surface area contributed by atoms with Gasteiger partial charge in [-0.15, -0.1) is 0 Å². The van der Waals surface area contributed by atoms with Gasteiger partial charge in [-0.1, -0.05) is 6.92 Å². The molecule has 2 nitrogen and oxygen atoms in total. The Bertz CT molecular complexity index is 160. The summed E-state index contributed by atoms with van der Waals surface area (Å²) in [7, 11) is 0. The first-order chi connectivity index (χ1) is 5.99. The molecule has 78 valence electrons. The average Bonchev–Trinajstić information content (AvgIpc) is 2.76. The molecule has 2 N–H and O–H groups in total. The van der Waals surface area contributed by atoms with Gasteiger partial charge in [0, 0.05) is 12.1 Å². The molecule has 0 aliphatic heterocycles. The van der Waals surface area contributed by atoms with Gasteiger partial charge in [-0.2, -0.15) is 0 Å². The second kappa shape index (κ2) is 3.97. The van der Waals surface area contributed by atoms with E-state index in [1.165, 1.54) is 13.0 Å². The summed E-state index contributed by atoms with van der Waals surface area (Å²) in [5.74, 6) is 1.69. The summed E-state index contributed by atoms with van der Waals surface area (Å²) < 4.78 is 0. The van der Waals surface area contributed by atoms with E-state index in [4.69, 9.17) is 5.73 Å². The quantitative estimate of drug-likeness (QED) is 0.720. The van der Waals surface area contributed by atoms with Crippen LogP contribution in [-0.4, -0.2) is 30.1 Å². The van der Waals surface area contributed by atoms with Crippen molar-refractivity contribution in [1.29, 1.82) is 0 Å². The number of hydrogen-bond donors (Lipinski definition) is 1. The Hall–Kier alpha value is -0.0800. The van der Waals surface area contributed by atoms with Crippen molar-refractivity contribution in [2.45, 2.75) is 39.7 Å². The highest BCUT2D eigenvalue weighted by atomic mass is 15.2. The van der Waals surface area contributed by atoms with Gasteiger partial charge in [0.1, 0.15) is 0 Å². The minimum atomic E-state index is 0.316. The van der Waals surface area contributed by atoms with Gasteiger partial charge < -0.3 is 5.73 Å². The van der Waals surface area contributed by atoms with Crippen LogP contribution in [0.5, 0.6) is 0 Å². The monoisotopic (exact) mass is 184 g/mol. The fourth-order valence-corrected chi connectivity index (χ4v) is 1.98. The Labute approximate surface area is 82.5 Å². The second-order valence-electron chi connectivity index (χ2n) is 5.20. The van der Waals surface area contributed by atoms with E-state index in [2.05, 4.69) is 32.6 Å². The smallest absolute Gasteiger partial charge is 0.0125 e. The minimum Gasteiger partial charge on any atom is -0.330 e. The van der Waals surface area contributed by atoms with E-state index in [9.17, 15) is 0 Å². The first kappa shape index (κ1) is 11.0. The number of nitrogens with zero attached hydrogens (tertiary/aromatic N) is 1. The SMILES string of the molecule is CCN(C[C@@H]1CC1CN)C(C)(C)C. The van der Waals surface area contributed by atoms with Crippen molar-refractivity contribution < 1.29 is 0 Å². The lowest BCUT2D eigenvalue weighted by Gasteiger charge is -2.34. The van der Waals surface area contributed by atoms with Gasteiger partial charge in [0.15, 0.2) is 0 Å². The summed E-state index contributed by atoms with van der Waals surface area (Å²) in [6.45, 7) is 12.4. The van der Waals surface area contributed by atoms with Gasteiger partial charge in [-0.3, -0.25) is 4.90 Å². The van der Waals surface area contributed by atoms with Crippen molar-refractivity contribution in [1.82, 2.24) is 4.90 Å². The molecule has 0 amide bonds. The standard InChI is InChI=1S/C11H24N2/c1-5-13(11(2,3)4)8-10-6-9(10)7-12/h9-10H,5-8,12H2,1-4H3/t9?,10-/m0/s1. The molecule has 0 spiro atoms. The molecule has 1 fully saturated rings. The molecule has 0 saturated heterocycles. The maximum atomic E-state index is 5.63. The number of rotatable bonds is 4. The zero-order valence-electron chi connectivity index (χ0n) is 9.51. The minimum absolute atomic E-state index is 0.316. The van der Waals surface area contributed by atoms with Crippen LogP contribution in [0.25, 0.3) is 0 Å². The van der Waals surface area contributed by atoms with Crippen molar-refractivity contribution >= 4 is 0 Å². The molecule has 2 heteroatoms. The van der Waals surface area contributed by atoms with Gasteiger partial charge in [0.25, 0.3) is 0 Å². The lowest BCUT2D eigenvalue weighted by Crippen LogP contribution is -2.42. The van der Waals surface area contributed by atoms with Gasteiger partial charge in [-0.25, -0.2) is 0 Å². The van der Waals surface area contributed by atoms with Crippen molar-refractivity contribution in [3.63, 3.8) is 0 Å². The fraction of sp³-hybridized carbons (Fsp3) is 1.00. The molecule has 1 saturated carbocycles. The normalized spacial score (nSPS) is 28.2. The zero-order chi connectivity index (χ0) is 10.1. The Morgan fingerprint density at radius 1 is 1.31 bits per heavy atom. The summed E-state index contributed by atoms with van der Waals surface area (Å²) in [5, 5.41) is 0. The van der Waals surface area contributed by atoms with Crippen LogP contribution in [0.15, 0.2) is 0 Å². The van der Waals surface area contributed by atoms with Gasteiger partial charge in [-0.05, 0) is 52.1 Å². The molecule has 1 aliphatic rings. The van der Waals surface area contributed by atoms with Crippen LogP contribution in [0.4, 0.5) is 0 Å². The van der Waals surface area contributed by atoms with Crippen molar-refractivity contribution in [3.8, 4) is 0 Å². The third kappa shape index (κ3) is 2.96. The molecule has 2 atom stereocenters. The summed E-state index contributed by atoms with van der Waals surface area (Å²) in [6.07, 6.45) is 1.35. The number of hydrogen-bond acceptors (Lipinski definition) is 2. The molecule has 1 aliphatic carbocycles. The van der Waals surface area contributed by atoms with E-state index in [1.54, 1.807) is 0 Å². The van der Waals surface area contributed by atoms with Gasteiger partial charge in [0.05, 0.1) is 0 Å². The lowest BCUT2D eigenvalue weighted by atomic mass is 10.1. The molecule has 0 heterocycles. The molecule has 0 radical (unpaired) electrons. The summed E-state index contributed by atoms with van der Waals surface area (Å²) >= 11 is 0. The van der Waals surface area contributed by atoms with Crippen LogP contribution in [0, 0.1) is 11.8 Å². The average molecular weight is 184 g/mol. The maximum absolute atomic E-state index is 5.63. The Morgan fingerprint density at radius 3 is 2.23 bits per heavy atom. The molecular formula is C11H24N2. The van der Waals surface area contributed by atoms with E-state index >= 15 is 0 Å². The highest BCUT2D eigenvalue weighted by molar-refractivity contribution is 4.91. The molecule has 0 aromatic rings. The predicted octanol–water partition coefficient (Wildman–Crippen LogP) is 1.70. The number of nitrogens with two attached hydrogens (primary N) is 1. The van der Waals surface area contributed by atoms with Gasteiger partial charge >= 0.3 is 0 Å². The third-order valence-electron chi connectivity index (χ3n) is 3.16. The lowest BCUT2D eigenvalue weighted by molar-refractivity contribution is 0.136. The molecule has 0 aromatic heterocycles. The molecular weight excluding hydrogens is 160 g/mol. The Morgan fingerprint density at radius 2 is 1.92 bits per heavy atom. The van der Waals surface area contributed by atoms with E-state index in [0.29, 0.717) is 5.54 Å². The molecule has 13 heavy (non-hydrogen) atoms. The van der Waals surface area contributed by atoms with Crippen LogP contribution < -0.4 is 5.73 Å². The van der Waals surface area contributed by atoms with E-state index in [1.807, 2.05) is 0 Å². The zero-order valence-corrected chi connectivity index (χ0v) is 9.51. The summed E-state index contributed by atoms with van der Waals surface area (Å²) in [6, 6.07) is 0. The highest BCUT2D eigenvalue weighted by Crippen LogP contribution is 2.38. The van der Waals surface area contributed by atoms with Crippen molar-refractivity contribution in [3.05, 3.63) is 0 Å². The largest absolute Gasteiger partial charge is 0.330 e. The van der Waals surface area contributed by atoms with Crippen LogP contribution >= 0.6 is 0 Å². The van der Waals surface area contributed by atoms with E-state index in [-0.39, 0.29) is 0 Å². The van der Waals surface area contributed by atoms with Crippen LogP contribution in [0.1, 0.15) is 34.1 Å². The first-order valence-corrected chi connectivity index (χ1v) is 5.44. The molecule has 1 unspecified atom stereocenters. The predicted molar refractivity (Wildman–Crippen MR) is 57.7 cm³/mol. The van der Waals surface area contributed by atoms with E-state index in [0.717, 1.165) is 24.9 Å². The Balaban J connectivity index is 2.34. The van der Waals surface area contributed by atoms with Crippen LogP contribution in [0.2, 0.25) is 0 Å². The summed E-state index contributed by atoms with van der Waals surface area (Å²) in [4.78, 5) is 2.55. The highest BCUT2D eigenvalue weighted by Gasteiger charge is 2.38. The maximum Gasteiger partial charge on any atom is 0.0125 e. The molecule has 0 bridgehead atoms. The van der Waals surface area contributed by atoms with Gasteiger partial charge in [0.2, 0.25) is 0 Å². The van der Waals surface area contributed by atoms with Crippen LogP contribution in [0.3, 0.4) is 0 Å². The topological polar surface area (TPSA) is 29.3 Å². The van der Waals surface area contributed by atoms with Crippen molar-refractivity contribution in [2.75, 3.05) is 19.6 Å². The second-order valence-corrected chi connectivity index (χ2v) is 5.20. The molecule has 0 aromatic carbocycles. The fourth-order valence-electron chi connectivity index (χ4n) is 1.98. The Kier molecular flexibility index (Phi) is 3.36. The third-order valence-corrected chi connectivity index (χ3v) is 3.16. The van der Waals surface area contributed by atoms with E-state index < -0.39 is 0 Å². The first-order valence-electron chi connectivity index (χ1n) is 5.44.